The first-order valence-electron chi connectivity index (χ1n) is 8.09. The van der Waals surface area contributed by atoms with Crippen molar-refractivity contribution in [3.05, 3.63) is 0 Å². The van der Waals surface area contributed by atoms with Gasteiger partial charge in [-0.2, -0.15) is 0 Å². The van der Waals surface area contributed by atoms with Gasteiger partial charge in [-0.05, 0) is 39.3 Å². The fourth-order valence-electron chi connectivity index (χ4n) is 3.05. The van der Waals surface area contributed by atoms with E-state index in [9.17, 15) is 4.79 Å². The maximum absolute atomic E-state index is 11.7. The molecule has 1 amide bonds. The van der Waals surface area contributed by atoms with Gasteiger partial charge < -0.3 is 15.1 Å². The third-order valence-corrected chi connectivity index (χ3v) is 4.32. The standard InChI is InChI=1S/C15H29N5O.HI/c1-4-16-15(17-11-14(21)18(2)3)20-10-7-13(12-20)19-8-5-6-9-19;/h13H,4-12H2,1-3H3,(H,16,17);1H. The van der Waals surface area contributed by atoms with Gasteiger partial charge in [0.1, 0.15) is 6.54 Å². The molecule has 2 fully saturated rings. The second-order valence-corrected chi connectivity index (χ2v) is 6.09. The Morgan fingerprint density at radius 3 is 2.55 bits per heavy atom. The molecule has 2 aliphatic heterocycles. The van der Waals surface area contributed by atoms with Crippen LogP contribution in [0.25, 0.3) is 0 Å². The van der Waals surface area contributed by atoms with E-state index < -0.39 is 0 Å². The third kappa shape index (κ3) is 5.26. The number of nitrogens with one attached hydrogen (secondary N) is 1. The van der Waals surface area contributed by atoms with Crippen LogP contribution in [0.1, 0.15) is 26.2 Å². The predicted molar refractivity (Wildman–Crippen MR) is 101 cm³/mol. The average molecular weight is 423 g/mol. The highest BCUT2D eigenvalue weighted by atomic mass is 127. The zero-order chi connectivity index (χ0) is 15.2. The summed E-state index contributed by atoms with van der Waals surface area (Å²) in [5.41, 5.74) is 0. The summed E-state index contributed by atoms with van der Waals surface area (Å²) in [5.74, 6) is 0.926. The lowest BCUT2D eigenvalue weighted by molar-refractivity contribution is -0.127. The van der Waals surface area contributed by atoms with E-state index in [-0.39, 0.29) is 36.4 Å². The number of likely N-dealkylation sites (tertiary alicyclic amines) is 2. The minimum Gasteiger partial charge on any atom is -0.357 e. The summed E-state index contributed by atoms with van der Waals surface area (Å²) >= 11 is 0. The van der Waals surface area contributed by atoms with Gasteiger partial charge in [0.15, 0.2) is 5.96 Å². The Labute approximate surface area is 151 Å². The van der Waals surface area contributed by atoms with Gasteiger partial charge in [-0.25, -0.2) is 4.99 Å². The van der Waals surface area contributed by atoms with Crippen molar-refractivity contribution >= 4 is 35.8 Å². The minimum absolute atomic E-state index is 0. The fraction of sp³-hybridized carbons (Fsp3) is 0.867. The molecule has 6 nitrogen and oxygen atoms in total. The lowest BCUT2D eigenvalue weighted by atomic mass is 10.2. The Balaban J connectivity index is 0.00000242. The number of hydrogen-bond donors (Lipinski definition) is 1. The molecule has 2 saturated heterocycles. The fourth-order valence-corrected chi connectivity index (χ4v) is 3.05. The molecule has 7 heteroatoms. The molecule has 1 atom stereocenters. The average Bonchev–Trinajstić information content (AvgIpc) is 3.12. The van der Waals surface area contributed by atoms with Crippen LogP contribution >= 0.6 is 24.0 Å². The Morgan fingerprint density at radius 2 is 1.95 bits per heavy atom. The van der Waals surface area contributed by atoms with Crippen LogP contribution in [0.15, 0.2) is 4.99 Å². The van der Waals surface area contributed by atoms with Crippen LogP contribution in [0.4, 0.5) is 0 Å². The van der Waals surface area contributed by atoms with Gasteiger partial charge in [-0.1, -0.05) is 0 Å². The highest BCUT2D eigenvalue weighted by Crippen LogP contribution is 2.20. The molecule has 0 aliphatic carbocycles. The van der Waals surface area contributed by atoms with Crippen LogP contribution in [-0.4, -0.2) is 86.0 Å². The molecule has 128 valence electrons. The first-order chi connectivity index (χ1) is 10.1. The molecule has 0 aromatic carbocycles. The highest BCUT2D eigenvalue weighted by Gasteiger charge is 2.30. The molecule has 0 saturated carbocycles. The van der Waals surface area contributed by atoms with Crippen LogP contribution in [0.5, 0.6) is 0 Å². The molecule has 0 radical (unpaired) electrons. The molecule has 2 rings (SSSR count). The molecule has 0 aromatic rings. The van der Waals surface area contributed by atoms with Gasteiger partial charge in [0, 0.05) is 39.8 Å². The number of nitrogens with zero attached hydrogens (tertiary/aromatic N) is 4. The van der Waals surface area contributed by atoms with Gasteiger partial charge in [0.05, 0.1) is 0 Å². The van der Waals surface area contributed by atoms with E-state index in [1.54, 1.807) is 19.0 Å². The SMILES string of the molecule is CCNC(=NCC(=O)N(C)C)N1CCC(N2CCCC2)C1.I. The van der Waals surface area contributed by atoms with Crippen molar-refractivity contribution in [3.8, 4) is 0 Å². The zero-order valence-corrected chi connectivity index (χ0v) is 16.4. The van der Waals surface area contributed by atoms with Crippen molar-refractivity contribution in [2.75, 3.05) is 53.4 Å². The summed E-state index contributed by atoms with van der Waals surface area (Å²) in [6.07, 6.45) is 3.87. The summed E-state index contributed by atoms with van der Waals surface area (Å²) in [6.45, 7) is 7.67. The molecule has 1 unspecified atom stereocenters. The Bertz CT molecular complexity index is 382. The topological polar surface area (TPSA) is 51.2 Å². The maximum Gasteiger partial charge on any atom is 0.243 e. The van der Waals surface area contributed by atoms with E-state index in [2.05, 4.69) is 27.0 Å². The van der Waals surface area contributed by atoms with Gasteiger partial charge in [-0.3, -0.25) is 9.69 Å². The van der Waals surface area contributed by atoms with Crippen LogP contribution < -0.4 is 5.32 Å². The number of carbonyl (C=O) groups excluding carboxylic acids is 1. The van der Waals surface area contributed by atoms with E-state index in [0.717, 1.165) is 25.6 Å². The van der Waals surface area contributed by atoms with Crippen molar-refractivity contribution in [1.29, 1.82) is 0 Å². The second kappa shape index (κ2) is 9.54. The van der Waals surface area contributed by atoms with Crippen molar-refractivity contribution in [2.24, 2.45) is 4.99 Å². The smallest absolute Gasteiger partial charge is 0.243 e. The van der Waals surface area contributed by atoms with Crippen LogP contribution in [0, 0.1) is 0 Å². The van der Waals surface area contributed by atoms with E-state index in [4.69, 9.17) is 0 Å². The summed E-state index contributed by atoms with van der Waals surface area (Å²) < 4.78 is 0. The van der Waals surface area contributed by atoms with E-state index in [0.29, 0.717) is 6.04 Å². The second-order valence-electron chi connectivity index (χ2n) is 6.09. The first kappa shape index (κ1) is 19.5. The van der Waals surface area contributed by atoms with Gasteiger partial charge in [0.25, 0.3) is 0 Å². The van der Waals surface area contributed by atoms with Gasteiger partial charge in [-0.15, -0.1) is 24.0 Å². The van der Waals surface area contributed by atoms with Gasteiger partial charge >= 0.3 is 0 Å². The Kier molecular flexibility index (Phi) is 8.45. The molecule has 2 heterocycles. The number of hydrogen-bond acceptors (Lipinski definition) is 3. The number of likely N-dealkylation sites (N-methyl/N-ethyl adjacent to an activating group) is 1. The number of aliphatic imine (C=N–C) groups is 1. The van der Waals surface area contributed by atoms with Crippen molar-refractivity contribution in [3.63, 3.8) is 0 Å². The van der Waals surface area contributed by atoms with Crippen LogP contribution in [0.2, 0.25) is 0 Å². The van der Waals surface area contributed by atoms with Crippen molar-refractivity contribution in [2.45, 2.75) is 32.2 Å². The Morgan fingerprint density at radius 1 is 1.27 bits per heavy atom. The Hall–Kier alpha value is -0.570. The highest BCUT2D eigenvalue weighted by molar-refractivity contribution is 14.0. The molecular formula is C15H30IN5O. The number of rotatable bonds is 4. The number of amides is 1. The zero-order valence-electron chi connectivity index (χ0n) is 14.0. The summed E-state index contributed by atoms with van der Waals surface area (Å²) in [4.78, 5) is 22.7. The molecule has 0 bridgehead atoms. The third-order valence-electron chi connectivity index (χ3n) is 4.32. The summed E-state index contributed by atoms with van der Waals surface area (Å²) in [7, 11) is 3.54. The molecule has 22 heavy (non-hydrogen) atoms. The summed E-state index contributed by atoms with van der Waals surface area (Å²) in [6, 6.07) is 0.654. The largest absolute Gasteiger partial charge is 0.357 e. The number of halogens is 1. The summed E-state index contributed by atoms with van der Waals surface area (Å²) in [5, 5.41) is 3.32. The number of guanidine groups is 1. The van der Waals surface area contributed by atoms with E-state index in [1.165, 1.54) is 32.4 Å². The van der Waals surface area contributed by atoms with E-state index in [1.807, 2.05) is 0 Å². The number of carbonyl (C=O) groups is 1. The molecule has 0 aromatic heterocycles. The normalized spacial score (nSPS) is 22.6. The lowest BCUT2D eigenvalue weighted by Gasteiger charge is -2.25. The van der Waals surface area contributed by atoms with Gasteiger partial charge in [0.2, 0.25) is 5.91 Å². The van der Waals surface area contributed by atoms with Crippen LogP contribution in [0.3, 0.4) is 0 Å². The predicted octanol–water partition coefficient (Wildman–Crippen LogP) is 0.828. The van der Waals surface area contributed by atoms with Crippen molar-refractivity contribution in [1.82, 2.24) is 20.0 Å². The molecular weight excluding hydrogens is 393 g/mol. The van der Waals surface area contributed by atoms with E-state index >= 15 is 0 Å². The minimum atomic E-state index is 0. The molecule has 1 N–H and O–H groups in total. The first-order valence-corrected chi connectivity index (χ1v) is 8.09. The van der Waals surface area contributed by atoms with Crippen molar-refractivity contribution < 1.29 is 4.79 Å². The molecule has 0 spiro atoms. The molecule has 2 aliphatic rings. The monoisotopic (exact) mass is 423 g/mol. The van der Waals surface area contributed by atoms with Crippen LogP contribution in [-0.2, 0) is 4.79 Å². The maximum atomic E-state index is 11.7. The lowest BCUT2D eigenvalue weighted by Crippen LogP contribution is -2.43. The quantitative estimate of drug-likeness (QED) is 0.414.